The maximum atomic E-state index is 4.60. The lowest BCUT2D eigenvalue weighted by Gasteiger charge is -2.22. The second-order valence-electron chi connectivity index (χ2n) is 5.77. The van der Waals surface area contributed by atoms with Gasteiger partial charge < -0.3 is 0 Å². The minimum absolute atomic E-state index is 0.845. The van der Waals surface area contributed by atoms with Crippen molar-refractivity contribution in [3.8, 4) is 0 Å². The van der Waals surface area contributed by atoms with Crippen LogP contribution in [0.25, 0.3) is 0 Å². The van der Waals surface area contributed by atoms with E-state index in [1.54, 1.807) is 0 Å². The number of aromatic nitrogens is 2. The van der Waals surface area contributed by atoms with Crippen molar-refractivity contribution in [2.24, 2.45) is 5.92 Å². The zero-order valence-corrected chi connectivity index (χ0v) is 12.9. The van der Waals surface area contributed by atoms with E-state index in [2.05, 4.69) is 44.5 Å². The molecule has 2 saturated carbocycles. The lowest BCUT2D eigenvalue weighted by Crippen LogP contribution is -2.29. The first-order valence-electron chi connectivity index (χ1n) is 7.14. The Hall–Kier alpha value is -0.350. The molecule has 100 valence electrons. The highest BCUT2D eigenvalue weighted by atomic mass is 79.9. The molecule has 0 saturated heterocycles. The summed E-state index contributed by atoms with van der Waals surface area (Å²) in [5, 5.41) is 4.60. The summed E-state index contributed by atoms with van der Waals surface area (Å²) in [5.74, 6) is 0.975. The average Bonchev–Trinajstić information content (AvgIpc) is 3.23. The first kappa shape index (κ1) is 12.7. The van der Waals surface area contributed by atoms with Crippen molar-refractivity contribution >= 4 is 15.9 Å². The van der Waals surface area contributed by atoms with E-state index in [4.69, 9.17) is 0 Å². The minimum atomic E-state index is 0.845. The lowest BCUT2D eigenvalue weighted by atomic mass is 10.3. The molecule has 18 heavy (non-hydrogen) atoms. The molecule has 1 aromatic rings. The van der Waals surface area contributed by atoms with Gasteiger partial charge in [-0.25, -0.2) is 0 Å². The Kier molecular flexibility index (Phi) is 3.50. The fourth-order valence-corrected chi connectivity index (χ4v) is 3.04. The average molecular weight is 312 g/mol. The molecule has 2 fully saturated rings. The molecule has 0 amide bonds. The summed E-state index contributed by atoms with van der Waals surface area (Å²) in [6.07, 6.45) is 5.67. The zero-order chi connectivity index (χ0) is 12.7. The number of hydrogen-bond donors (Lipinski definition) is 0. The monoisotopic (exact) mass is 311 g/mol. The van der Waals surface area contributed by atoms with Gasteiger partial charge in [0.1, 0.15) is 0 Å². The van der Waals surface area contributed by atoms with Crippen LogP contribution in [0, 0.1) is 12.8 Å². The van der Waals surface area contributed by atoms with Crippen LogP contribution in [0.1, 0.15) is 44.0 Å². The Bertz CT molecular complexity index is 432. The fourth-order valence-electron chi connectivity index (χ4n) is 2.63. The highest BCUT2D eigenvalue weighted by Crippen LogP contribution is 2.36. The van der Waals surface area contributed by atoms with Crippen molar-refractivity contribution in [1.82, 2.24) is 14.7 Å². The summed E-state index contributed by atoms with van der Waals surface area (Å²) in [5.41, 5.74) is 2.48. The van der Waals surface area contributed by atoms with Gasteiger partial charge in [0.15, 0.2) is 0 Å². The van der Waals surface area contributed by atoms with E-state index in [0.717, 1.165) is 30.7 Å². The van der Waals surface area contributed by atoms with Crippen LogP contribution in [0.5, 0.6) is 0 Å². The van der Waals surface area contributed by atoms with Gasteiger partial charge in [0.2, 0.25) is 0 Å². The smallest absolute Gasteiger partial charge is 0.0739 e. The van der Waals surface area contributed by atoms with E-state index in [1.165, 1.54) is 42.4 Å². The molecule has 0 bridgehead atoms. The van der Waals surface area contributed by atoms with E-state index < -0.39 is 0 Å². The second-order valence-corrected chi connectivity index (χ2v) is 6.56. The van der Waals surface area contributed by atoms with Gasteiger partial charge in [0.25, 0.3) is 0 Å². The Labute approximate surface area is 118 Å². The summed E-state index contributed by atoms with van der Waals surface area (Å²) >= 11 is 3.71. The van der Waals surface area contributed by atoms with Gasteiger partial charge in [-0.1, -0.05) is 0 Å². The van der Waals surface area contributed by atoms with Crippen LogP contribution in [-0.4, -0.2) is 27.3 Å². The molecule has 0 N–H and O–H groups in total. The van der Waals surface area contributed by atoms with Gasteiger partial charge in [-0.3, -0.25) is 9.58 Å². The third-order valence-corrected chi connectivity index (χ3v) is 5.09. The molecular weight excluding hydrogens is 290 g/mol. The number of aryl methyl sites for hydroxylation is 2. The molecule has 4 heteroatoms. The molecule has 2 aliphatic carbocycles. The first-order chi connectivity index (χ1) is 8.69. The summed E-state index contributed by atoms with van der Waals surface area (Å²) in [7, 11) is 0. The van der Waals surface area contributed by atoms with Crippen LogP contribution < -0.4 is 0 Å². The van der Waals surface area contributed by atoms with Crippen LogP contribution in [0.3, 0.4) is 0 Å². The molecule has 2 aliphatic rings. The van der Waals surface area contributed by atoms with Crippen molar-refractivity contribution in [1.29, 1.82) is 0 Å². The SMILES string of the molecule is CCn1nc(C)c(Br)c1CN(CC1CC1)C1CC1. The van der Waals surface area contributed by atoms with E-state index in [1.807, 2.05) is 0 Å². The summed E-state index contributed by atoms with van der Waals surface area (Å²) in [6, 6.07) is 0.845. The van der Waals surface area contributed by atoms with Gasteiger partial charge in [0.05, 0.1) is 15.9 Å². The standard InChI is InChI=1S/C14H22BrN3/c1-3-18-13(14(15)10(2)16-18)9-17(12-6-7-12)8-11-4-5-11/h11-12H,3-9H2,1-2H3. The Morgan fingerprint density at radius 2 is 2.06 bits per heavy atom. The Morgan fingerprint density at radius 3 is 2.61 bits per heavy atom. The van der Waals surface area contributed by atoms with Gasteiger partial charge in [-0.15, -0.1) is 0 Å². The topological polar surface area (TPSA) is 21.1 Å². The number of hydrogen-bond acceptors (Lipinski definition) is 2. The molecule has 3 nitrogen and oxygen atoms in total. The fraction of sp³-hybridized carbons (Fsp3) is 0.786. The summed E-state index contributed by atoms with van der Waals surface area (Å²) in [6.45, 7) is 7.58. The van der Waals surface area contributed by atoms with Gasteiger partial charge in [0, 0.05) is 25.7 Å². The molecule has 0 aliphatic heterocycles. The van der Waals surface area contributed by atoms with E-state index in [-0.39, 0.29) is 0 Å². The van der Waals surface area contributed by atoms with Crippen molar-refractivity contribution in [3.05, 3.63) is 15.9 Å². The van der Waals surface area contributed by atoms with Crippen LogP contribution in [0.2, 0.25) is 0 Å². The van der Waals surface area contributed by atoms with Crippen LogP contribution in [-0.2, 0) is 13.1 Å². The van der Waals surface area contributed by atoms with Crippen LogP contribution in [0.4, 0.5) is 0 Å². The van der Waals surface area contributed by atoms with Crippen molar-refractivity contribution in [2.45, 2.75) is 58.7 Å². The predicted molar refractivity (Wildman–Crippen MR) is 76.5 cm³/mol. The molecule has 3 rings (SSSR count). The highest BCUT2D eigenvalue weighted by Gasteiger charge is 2.34. The maximum Gasteiger partial charge on any atom is 0.0739 e. The zero-order valence-electron chi connectivity index (χ0n) is 11.3. The quantitative estimate of drug-likeness (QED) is 0.803. The molecule has 0 unspecified atom stereocenters. The van der Waals surface area contributed by atoms with Gasteiger partial charge in [-0.05, 0) is 61.4 Å². The Morgan fingerprint density at radius 1 is 1.33 bits per heavy atom. The van der Waals surface area contributed by atoms with Crippen molar-refractivity contribution in [3.63, 3.8) is 0 Å². The van der Waals surface area contributed by atoms with Crippen LogP contribution in [0.15, 0.2) is 4.47 Å². The normalized spacial score (nSPS) is 19.8. The maximum absolute atomic E-state index is 4.60. The molecule has 1 heterocycles. The van der Waals surface area contributed by atoms with Gasteiger partial charge >= 0.3 is 0 Å². The second kappa shape index (κ2) is 4.97. The third kappa shape index (κ3) is 2.64. The molecule has 0 radical (unpaired) electrons. The molecule has 0 atom stereocenters. The summed E-state index contributed by atoms with van der Waals surface area (Å²) < 4.78 is 3.37. The van der Waals surface area contributed by atoms with E-state index >= 15 is 0 Å². The molecule has 0 spiro atoms. The Balaban J connectivity index is 1.76. The summed E-state index contributed by atoms with van der Waals surface area (Å²) in [4.78, 5) is 2.69. The van der Waals surface area contributed by atoms with E-state index in [9.17, 15) is 0 Å². The number of nitrogens with zero attached hydrogens (tertiary/aromatic N) is 3. The largest absolute Gasteiger partial charge is 0.294 e. The number of halogens is 1. The third-order valence-electron chi connectivity index (χ3n) is 4.06. The lowest BCUT2D eigenvalue weighted by molar-refractivity contribution is 0.236. The predicted octanol–water partition coefficient (Wildman–Crippen LogP) is 3.35. The minimum Gasteiger partial charge on any atom is -0.294 e. The first-order valence-corrected chi connectivity index (χ1v) is 7.94. The highest BCUT2D eigenvalue weighted by molar-refractivity contribution is 9.10. The molecular formula is C14H22BrN3. The van der Waals surface area contributed by atoms with Crippen molar-refractivity contribution < 1.29 is 0 Å². The van der Waals surface area contributed by atoms with Gasteiger partial charge in [-0.2, -0.15) is 5.10 Å². The van der Waals surface area contributed by atoms with Crippen LogP contribution >= 0.6 is 15.9 Å². The van der Waals surface area contributed by atoms with Crippen molar-refractivity contribution in [2.75, 3.05) is 6.54 Å². The van der Waals surface area contributed by atoms with E-state index in [0.29, 0.717) is 0 Å². The molecule has 1 aromatic heterocycles. The molecule has 0 aromatic carbocycles. The number of rotatable bonds is 6.